The molecule has 0 bridgehead atoms. The summed E-state index contributed by atoms with van der Waals surface area (Å²) in [6.45, 7) is 6.28. The third-order valence-electron chi connectivity index (χ3n) is 2.80. The number of rotatable bonds is 7. The van der Waals surface area contributed by atoms with Gasteiger partial charge in [0, 0.05) is 0 Å². The Labute approximate surface area is 83.1 Å². The Balaban J connectivity index is 3.32. The maximum atomic E-state index is 5.80. The summed E-state index contributed by atoms with van der Waals surface area (Å²) < 4.78 is 0. The predicted octanol–water partition coefficient (Wildman–Crippen LogP) is 2.62. The lowest BCUT2D eigenvalue weighted by molar-refractivity contribution is 0.300. The molecule has 0 amide bonds. The van der Waals surface area contributed by atoms with Crippen molar-refractivity contribution in [3.63, 3.8) is 0 Å². The monoisotopic (exact) mass is 186 g/mol. The lowest BCUT2D eigenvalue weighted by Crippen LogP contribution is -2.51. The van der Waals surface area contributed by atoms with Crippen LogP contribution in [0.2, 0.25) is 0 Å². The highest BCUT2D eigenvalue weighted by atomic mass is 14.9. The van der Waals surface area contributed by atoms with Gasteiger partial charge in [-0.2, -0.15) is 0 Å². The van der Waals surface area contributed by atoms with Gasteiger partial charge in [-0.25, -0.2) is 0 Å². The molecule has 0 saturated heterocycles. The Bertz CT molecular complexity index is 116. The van der Waals surface area contributed by atoms with Crippen LogP contribution in [0.25, 0.3) is 0 Å². The van der Waals surface area contributed by atoms with Gasteiger partial charge in [-0.1, -0.05) is 46.0 Å². The van der Waals surface area contributed by atoms with Crippen LogP contribution in [0, 0.1) is 5.92 Å². The molecule has 2 heteroatoms. The van der Waals surface area contributed by atoms with Gasteiger partial charge in [0.1, 0.15) is 0 Å². The summed E-state index contributed by atoms with van der Waals surface area (Å²) in [6, 6.07) is 0. The average Bonchev–Trinajstić information content (AvgIpc) is 2.02. The zero-order valence-electron chi connectivity index (χ0n) is 9.47. The van der Waals surface area contributed by atoms with Crippen molar-refractivity contribution in [1.82, 2.24) is 0 Å². The van der Waals surface area contributed by atoms with Gasteiger partial charge in [0.15, 0.2) is 0 Å². The lowest BCUT2D eigenvalue weighted by Gasteiger charge is -2.26. The van der Waals surface area contributed by atoms with Crippen molar-refractivity contribution < 1.29 is 0 Å². The van der Waals surface area contributed by atoms with Crippen molar-refractivity contribution in [3.05, 3.63) is 0 Å². The molecule has 0 aromatic carbocycles. The van der Waals surface area contributed by atoms with E-state index in [0.717, 1.165) is 6.42 Å². The molecular weight excluding hydrogens is 160 g/mol. The molecule has 0 aromatic rings. The fourth-order valence-corrected chi connectivity index (χ4v) is 1.37. The van der Waals surface area contributed by atoms with Crippen molar-refractivity contribution in [2.24, 2.45) is 17.4 Å². The highest BCUT2D eigenvalue weighted by Crippen LogP contribution is 2.16. The third-order valence-corrected chi connectivity index (χ3v) is 2.80. The van der Waals surface area contributed by atoms with E-state index in [1.165, 1.54) is 32.1 Å². The van der Waals surface area contributed by atoms with E-state index in [1.54, 1.807) is 0 Å². The average molecular weight is 186 g/mol. The molecule has 1 atom stereocenters. The number of nitrogens with two attached hydrogens (primary N) is 2. The molecule has 0 spiro atoms. The van der Waals surface area contributed by atoms with Gasteiger partial charge in [-0.15, -0.1) is 0 Å². The summed E-state index contributed by atoms with van der Waals surface area (Å²) >= 11 is 0. The first kappa shape index (κ1) is 12.9. The van der Waals surface area contributed by atoms with Gasteiger partial charge in [0.05, 0.1) is 5.66 Å². The molecule has 1 unspecified atom stereocenters. The highest BCUT2D eigenvalue weighted by Gasteiger charge is 2.19. The van der Waals surface area contributed by atoms with Crippen molar-refractivity contribution in [2.45, 2.75) is 65.0 Å². The molecule has 13 heavy (non-hydrogen) atoms. The molecule has 0 fully saturated rings. The summed E-state index contributed by atoms with van der Waals surface area (Å²) in [5, 5.41) is 0. The summed E-state index contributed by atoms with van der Waals surface area (Å²) in [5.74, 6) is 0.425. The van der Waals surface area contributed by atoms with Crippen LogP contribution in [0.5, 0.6) is 0 Å². The van der Waals surface area contributed by atoms with E-state index in [-0.39, 0.29) is 0 Å². The number of unbranched alkanes of at least 4 members (excludes halogenated alkanes) is 4. The van der Waals surface area contributed by atoms with Crippen LogP contribution < -0.4 is 11.5 Å². The predicted molar refractivity (Wildman–Crippen MR) is 59.3 cm³/mol. The van der Waals surface area contributed by atoms with Gasteiger partial charge in [-0.05, 0) is 19.3 Å². The van der Waals surface area contributed by atoms with Crippen LogP contribution >= 0.6 is 0 Å². The van der Waals surface area contributed by atoms with E-state index in [9.17, 15) is 0 Å². The smallest absolute Gasteiger partial charge is 0.0633 e. The Morgan fingerprint density at radius 3 is 2.08 bits per heavy atom. The number of hydrogen-bond donors (Lipinski definition) is 2. The second kappa shape index (κ2) is 6.39. The molecule has 0 saturated carbocycles. The minimum atomic E-state index is -0.495. The Morgan fingerprint density at radius 2 is 1.62 bits per heavy atom. The van der Waals surface area contributed by atoms with E-state index in [0.29, 0.717) is 5.92 Å². The van der Waals surface area contributed by atoms with E-state index < -0.39 is 5.66 Å². The molecule has 0 aliphatic rings. The Hall–Kier alpha value is -0.0800. The van der Waals surface area contributed by atoms with Crippen molar-refractivity contribution in [2.75, 3.05) is 0 Å². The van der Waals surface area contributed by atoms with E-state index in [4.69, 9.17) is 11.5 Å². The van der Waals surface area contributed by atoms with E-state index in [1.807, 2.05) is 6.92 Å². The van der Waals surface area contributed by atoms with Crippen LogP contribution in [0.4, 0.5) is 0 Å². The lowest BCUT2D eigenvalue weighted by atomic mass is 9.92. The summed E-state index contributed by atoms with van der Waals surface area (Å²) in [7, 11) is 0. The van der Waals surface area contributed by atoms with Crippen LogP contribution in [0.3, 0.4) is 0 Å². The fraction of sp³-hybridized carbons (Fsp3) is 1.00. The van der Waals surface area contributed by atoms with Crippen molar-refractivity contribution in [3.8, 4) is 0 Å². The normalized spacial score (nSPS) is 14.5. The first-order chi connectivity index (χ1) is 5.98. The highest BCUT2D eigenvalue weighted by molar-refractivity contribution is 4.76. The van der Waals surface area contributed by atoms with Crippen LogP contribution in [-0.2, 0) is 0 Å². The minimum absolute atomic E-state index is 0.425. The zero-order chi connectivity index (χ0) is 10.3. The largest absolute Gasteiger partial charge is 0.314 e. The van der Waals surface area contributed by atoms with Crippen LogP contribution in [0.1, 0.15) is 59.3 Å². The Morgan fingerprint density at radius 1 is 1.08 bits per heavy atom. The fourth-order valence-electron chi connectivity index (χ4n) is 1.37. The van der Waals surface area contributed by atoms with Crippen molar-refractivity contribution >= 4 is 0 Å². The van der Waals surface area contributed by atoms with Crippen LogP contribution in [0.15, 0.2) is 0 Å². The molecule has 0 aliphatic heterocycles. The second-order valence-electron chi connectivity index (χ2n) is 4.47. The molecule has 0 aliphatic carbocycles. The van der Waals surface area contributed by atoms with Gasteiger partial charge < -0.3 is 11.5 Å². The summed E-state index contributed by atoms with van der Waals surface area (Å²) in [4.78, 5) is 0. The second-order valence-corrected chi connectivity index (χ2v) is 4.47. The van der Waals surface area contributed by atoms with E-state index >= 15 is 0 Å². The third kappa shape index (κ3) is 7.03. The molecule has 4 N–H and O–H groups in total. The quantitative estimate of drug-likeness (QED) is 0.474. The molecule has 2 nitrogen and oxygen atoms in total. The SMILES string of the molecule is CCCCCCCC(C)C(C)(N)N. The summed E-state index contributed by atoms with van der Waals surface area (Å²) in [6.07, 6.45) is 7.78. The minimum Gasteiger partial charge on any atom is -0.314 e. The van der Waals surface area contributed by atoms with Gasteiger partial charge in [0.2, 0.25) is 0 Å². The molecule has 0 rings (SSSR count). The molecular formula is C11H26N2. The zero-order valence-corrected chi connectivity index (χ0v) is 9.47. The van der Waals surface area contributed by atoms with Crippen molar-refractivity contribution in [1.29, 1.82) is 0 Å². The first-order valence-corrected chi connectivity index (χ1v) is 5.56. The summed E-state index contributed by atoms with van der Waals surface area (Å²) in [5.41, 5.74) is 11.1. The van der Waals surface area contributed by atoms with Gasteiger partial charge in [-0.3, -0.25) is 0 Å². The van der Waals surface area contributed by atoms with E-state index in [2.05, 4.69) is 13.8 Å². The molecule has 0 heterocycles. The topological polar surface area (TPSA) is 52.0 Å². The molecule has 0 radical (unpaired) electrons. The number of hydrogen-bond acceptors (Lipinski definition) is 2. The maximum absolute atomic E-state index is 5.80. The van der Waals surface area contributed by atoms with Gasteiger partial charge >= 0.3 is 0 Å². The molecule has 0 aromatic heterocycles. The first-order valence-electron chi connectivity index (χ1n) is 5.56. The molecule has 80 valence electrons. The standard InChI is InChI=1S/C11H26N2/c1-4-5-6-7-8-9-10(2)11(3,12)13/h10H,4-9,12-13H2,1-3H3. The van der Waals surface area contributed by atoms with Crippen LogP contribution in [-0.4, -0.2) is 5.66 Å². The Kier molecular flexibility index (Phi) is 6.35. The maximum Gasteiger partial charge on any atom is 0.0633 e. The van der Waals surface area contributed by atoms with Gasteiger partial charge in [0.25, 0.3) is 0 Å².